The molecule has 0 saturated carbocycles. The van der Waals surface area contributed by atoms with Crippen LogP contribution in [-0.2, 0) is 10.8 Å². The van der Waals surface area contributed by atoms with Gasteiger partial charge in [0.15, 0.2) is 0 Å². The minimum absolute atomic E-state index is 0.714. The van der Waals surface area contributed by atoms with Crippen LogP contribution in [0.25, 0.3) is 0 Å². The monoisotopic (exact) mass is 182 g/mol. The van der Waals surface area contributed by atoms with Gasteiger partial charge in [-0.15, -0.1) is 0 Å². The molecule has 1 aromatic carbocycles. The van der Waals surface area contributed by atoms with Crippen LogP contribution >= 0.6 is 12.0 Å². The molecule has 66 valence electrons. The second-order valence-corrected chi connectivity index (χ2v) is 3.45. The first-order valence-corrected chi connectivity index (χ1v) is 5.13. The molecule has 2 heteroatoms. The predicted molar refractivity (Wildman–Crippen MR) is 54.0 cm³/mol. The Labute approximate surface area is 78.3 Å². The minimum Gasteiger partial charge on any atom is -0.311 e. The van der Waals surface area contributed by atoms with E-state index in [2.05, 4.69) is 19.1 Å². The van der Waals surface area contributed by atoms with E-state index in [0.717, 1.165) is 5.75 Å². The molecule has 0 atom stereocenters. The molecule has 0 heterocycles. The second kappa shape index (κ2) is 6.09. The summed E-state index contributed by atoms with van der Waals surface area (Å²) in [5, 5.41) is 0. The van der Waals surface area contributed by atoms with Gasteiger partial charge in [-0.3, -0.25) is 0 Å². The van der Waals surface area contributed by atoms with Crippen molar-refractivity contribution in [3.8, 4) is 0 Å². The van der Waals surface area contributed by atoms with Crippen LogP contribution < -0.4 is 0 Å². The molecule has 1 nitrogen and oxygen atoms in total. The maximum absolute atomic E-state index is 5.38. The summed E-state index contributed by atoms with van der Waals surface area (Å²) in [4.78, 5) is 0. The van der Waals surface area contributed by atoms with E-state index in [0.29, 0.717) is 6.61 Å². The second-order valence-electron chi connectivity index (χ2n) is 2.57. The Morgan fingerprint density at radius 2 is 2.00 bits per heavy atom. The van der Waals surface area contributed by atoms with E-state index in [1.54, 1.807) is 12.0 Å². The van der Waals surface area contributed by atoms with E-state index in [1.165, 1.54) is 12.0 Å². The molecule has 0 radical (unpaired) electrons. The first-order valence-electron chi connectivity index (χ1n) is 4.22. The normalized spacial score (nSPS) is 10.1. The van der Waals surface area contributed by atoms with Gasteiger partial charge in [0.25, 0.3) is 0 Å². The summed E-state index contributed by atoms with van der Waals surface area (Å²) in [6.07, 6.45) is 1.17. The van der Waals surface area contributed by atoms with E-state index in [4.69, 9.17) is 4.18 Å². The number of hydrogen-bond acceptors (Lipinski definition) is 2. The smallest absolute Gasteiger partial charge is 0.0864 e. The Morgan fingerprint density at radius 1 is 1.25 bits per heavy atom. The van der Waals surface area contributed by atoms with Crippen LogP contribution in [0.3, 0.4) is 0 Å². The van der Waals surface area contributed by atoms with Crippen molar-refractivity contribution in [1.82, 2.24) is 0 Å². The molecule has 0 aliphatic rings. The van der Waals surface area contributed by atoms with Crippen LogP contribution in [0.5, 0.6) is 0 Å². The predicted octanol–water partition coefficient (Wildman–Crippen LogP) is 3.26. The Morgan fingerprint density at radius 3 is 2.67 bits per heavy atom. The molecule has 0 aliphatic carbocycles. The molecule has 0 N–H and O–H groups in total. The average molecular weight is 182 g/mol. The van der Waals surface area contributed by atoms with Crippen molar-refractivity contribution in [3.63, 3.8) is 0 Å². The Hall–Kier alpha value is -0.470. The molecular formula is C10H14OS. The SMILES string of the molecule is CCCSOCc1ccccc1. The van der Waals surface area contributed by atoms with Gasteiger partial charge in [-0.2, -0.15) is 0 Å². The van der Waals surface area contributed by atoms with Crippen LogP contribution in [0.15, 0.2) is 30.3 Å². The molecule has 1 aromatic rings. The van der Waals surface area contributed by atoms with Crippen molar-refractivity contribution in [2.75, 3.05) is 5.75 Å². The van der Waals surface area contributed by atoms with Crippen molar-refractivity contribution in [2.45, 2.75) is 20.0 Å². The first-order chi connectivity index (χ1) is 5.93. The molecule has 0 aromatic heterocycles. The number of benzene rings is 1. The first kappa shape index (κ1) is 9.62. The Kier molecular flexibility index (Phi) is 4.88. The van der Waals surface area contributed by atoms with Crippen molar-refractivity contribution in [1.29, 1.82) is 0 Å². The summed E-state index contributed by atoms with van der Waals surface area (Å²) >= 11 is 1.55. The fourth-order valence-electron chi connectivity index (χ4n) is 0.826. The van der Waals surface area contributed by atoms with Crippen molar-refractivity contribution < 1.29 is 4.18 Å². The van der Waals surface area contributed by atoms with Crippen molar-refractivity contribution in [2.24, 2.45) is 0 Å². The molecule has 0 aliphatic heterocycles. The lowest BCUT2D eigenvalue weighted by Crippen LogP contribution is -1.85. The van der Waals surface area contributed by atoms with Crippen molar-refractivity contribution in [3.05, 3.63) is 35.9 Å². The topological polar surface area (TPSA) is 9.23 Å². The standard InChI is InChI=1S/C10H14OS/c1-2-8-12-11-9-10-6-4-3-5-7-10/h3-7H,2,8-9H2,1H3. The highest BCUT2D eigenvalue weighted by Crippen LogP contribution is 2.09. The average Bonchev–Trinajstić information content (AvgIpc) is 2.14. The fraction of sp³-hybridized carbons (Fsp3) is 0.400. The molecule has 1 rings (SSSR count). The summed E-state index contributed by atoms with van der Waals surface area (Å²) in [5.74, 6) is 1.08. The quantitative estimate of drug-likeness (QED) is 0.510. The van der Waals surface area contributed by atoms with E-state index >= 15 is 0 Å². The van der Waals surface area contributed by atoms with Crippen LogP contribution in [0.1, 0.15) is 18.9 Å². The summed E-state index contributed by atoms with van der Waals surface area (Å²) in [6, 6.07) is 10.2. The fourth-order valence-corrected chi connectivity index (χ4v) is 1.33. The lowest BCUT2D eigenvalue weighted by atomic mass is 10.2. The van der Waals surface area contributed by atoms with Crippen molar-refractivity contribution >= 4 is 12.0 Å². The molecular weight excluding hydrogens is 168 g/mol. The zero-order valence-corrected chi connectivity index (χ0v) is 8.14. The molecule has 0 amide bonds. The Bertz CT molecular complexity index is 198. The minimum atomic E-state index is 0.714. The highest BCUT2D eigenvalue weighted by Gasteiger charge is 1.90. The Balaban J connectivity index is 2.16. The maximum atomic E-state index is 5.38. The molecule has 0 unspecified atom stereocenters. The van der Waals surface area contributed by atoms with Gasteiger partial charge in [0.1, 0.15) is 0 Å². The molecule has 12 heavy (non-hydrogen) atoms. The molecule has 0 bridgehead atoms. The molecule has 0 fully saturated rings. The van der Waals surface area contributed by atoms with Crippen LogP contribution in [0.4, 0.5) is 0 Å². The van der Waals surface area contributed by atoms with Gasteiger partial charge in [-0.25, -0.2) is 0 Å². The summed E-state index contributed by atoms with van der Waals surface area (Å²) in [6.45, 7) is 2.87. The van der Waals surface area contributed by atoms with Crippen LogP contribution in [0.2, 0.25) is 0 Å². The van der Waals surface area contributed by atoms with Gasteiger partial charge in [0.2, 0.25) is 0 Å². The van der Waals surface area contributed by atoms with E-state index in [-0.39, 0.29) is 0 Å². The van der Waals surface area contributed by atoms with Gasteiger partial charge < -0.3 is 4.18 Å². The third-order valence-corrected chi connectivity index (χ3v) is 2.30. The van der Waals surface area contributed by atoms with Gasteiger partial charge in [0.05, 0.1) is 6.61 Å². The van der Waals surface area contributed by atoms with E-state index in [9.17, 15) is 0 Å². The third kappa shape index (κ3) is 3.79. The largest absolute Gasteiger partial charge is 0.311 e. The highest BCUT2D eigenvalue weighted by molar-refractivity contribution is 7.94. The van der Waals surface area contributed by atoms with Gasteiger partial charge in [-0.1, -0.05) is 37.3 Å². The number of hydrogen-bond donors (Lipinski definition) is 0. The van der Waals surface area contributed by atoms with E-state index < -0.39 is 0 Å². The number of rotatable bonds is 5. The zero-order valence-electron chi connectivity index (χ0n) is 7.32. The maximum Gasteiger partial charge on any atom is 0.0864 e. The van der Waals surface area contributed by atoms with Crippen LogP contribution in [-0.4, -0.2) is 5.75 Å². The molecule has 0 saturated heterocycles. The summed E-state index contributed by atoms with van der Waals surface area (Å²) < 4.78 is 5.38. The molecule has 0 spiro atoms. The van der Waals surface area contributed by atoms with Gasteiger partial charge in [-0.05, 0) is 24.0 Å². The van der Waals surface area contributed by atoms with E-state index in [1.807, 2.05) is 18.2 Å². The lowest BCUT2D eigenvalue weighted by Gasteiger charge is -2.00. The third-order valence-electron chi connectivity index (χ3n) is 1.44. The van der Waals surface area contributed by atoms with Crippen LogP contribution in [0, 0.1) is 0 Å². The zero-order chi connectivity index (χ0) is 8.65. The van der Waals surface area contributed by atoms with Gasteiger partial charge >= 0.3 is 0 Å². The van der Waals surface area contributed by atoms with Gasteiger partial charge in [0, 0.05) is 5.75 Å². The summed E-state index contributed by atoms with van der Waals surface area (Å²) in [7, 11) is 0. The highest BCUT2D eigenvalue weighted by atomic mass is 32.2. The summed E-state index contributed by atoms with van der Waals surface area (Å²) in [5.41, 5.74) is 1.24. The lowest BCUT2D eigenvalue weighted by molar-refractivity contribution is 0.364.